The Balaban J connectivity index is 1.48. The van der Waals surface area contributed by atoms with Gasteiger partial charge < -0.3 is 14.8 Å². The zero-order chi connectivity index (χ0) is 22.4. The molecule has 1 N–H and O–H groups in total. The summed E-state index contributed by atoms with van der Waals surface area (Å²) in [6, 6.07) is 7.38. The fraction of sp³-hybridized carbons (Fsp3) is 0.455. The van der Waals surface area contributed by atoms with Crippen LogP contribution in [0.15, 0.2) is 35.7 Å². The molecule has 0 unspecified atom stereocenters. The summed E-state index contributed by atoms with van der Waals surface area (Å²) >= 11 is 1.35. The molecule has 0 spiro atoms. The molecule has 9 heteroatoms. The minimum absolute atomic E-state index is 0.0629. The van der Waals surface area contributed by atoms with Crippen LogP contribution in [-0.2, 0) is 14.3 Å². The van der Waals surface area contributed by atoms with Crippen molar-refractivity contribution in [2.75, 3.05) is 11.9 Å². The van der Waals surface area contributed by atoms with Crippen molar-refractivity contribution in [2.45, 2.75) is 45.4 Å². The van der Waals surface area contributed by atoms with E-state index in [1.54, 1.807) is 13.0 Å². The van der Waals surface area contributed by atoms with Gasteiger partial charge in [-0.3, -0.25) is 9.59 Å². The quantitative estimate of drug-likeness (QED) is 0.519. The number of nitrogens with one attached hydrogen (secondary N) is 1. The Morgan fingerprint density at radius 3 is 2.39 bits per heavy atom. The third-order valence-electron chi connectivity index (χ3n) is 5.22. The zero-order valence-electron chi connectivity index (χ0n) is 17.0. The van der Waals surface area contributed by atoms with Gasteiger partial charge in [-0.2, -0.15) is 0 Å². The molecule has 0 atom stereocenters. The molecule has 31 heavy (non-hydrogen) atoms. The minimum atomic E-state index is -4.72. The first-order valence-corrected chi connectivity index (χ1v) is 11.0. The predicted octanol–water partition coefficient (Wildman–Crippen LogP) is 6.01. The highest BCUT2D eigenvalue weighted by Gasteiger charge is 2.31. The number of amides is 1. The first kappa shape index (κ1) is 23.1. The molecule has 0 bridgehead atoms. The predicted molar refractivity (Wildman–Crippen MR) is 112 cm³/mol. The molecule has 1 aliphatic rings. The lowest BCUT2D eigenvalue weighted by molar-refractivity contribution is -0.274. The standard InChI is InChI=1S/C22H24F3NO4S/c1-2-29-21(28)16-5-3-14(4-6-16)11-19(27)26-20-12-17(13-31-20)15-7-9-18(10-8-15)30-22(23,24)25/h7-10,12-14,16H,2-6,11H2,1H3,(H,26,27). The largest absolute Gasteiger partial charge is 0.573 e. The van der Waals surface area contributed by atoms with Crippen LogP contribution >= 0.6 is 11.3 Å². The van der Waals surface area contributed by atoms with Crippen molar-refractivity contribution in [2.24, 2.45) is 11.8 Å². The van der Waals surface area contributed by atoms with Crippen molar-refractivity contribution in [1.82, 2.24) is 0 Å². The summed E-state index contributed by atoms with van der Waals surface area (Å²) < 4.78 is 45.7. The normalized spacial score (nSPS) is 19.0. The first-order valence-electron chi connectivity index (χ1n) is 10.1. The van der Waals surface area contributed by atoms with Crippen LogP contribution in [0.3, 0.4) is 0 Å². The highest BCUT2D eigenvalue weighted by atomic mass is 32.1. The maximum Gasteiger partial charge on any atom is 0.573 e. The van der Waals surface area contributed by atoms with Crippen molar-refractivity contribution in [3.05, 3.63) is 35.7 Å². The van der Waals surface area contributed by atoms with E-state index in [0.29, 0.717) is 18.0 Å². The second kappa shape index (κ2) is 10.2. The van der Waals surface area contributed by atoms with Crippen LogP contribution in [0.1, 0.15) is 39.0 Å². The van der Waals surface area contributed by atoms with Crippen LogP contribution < -0.4 is 10.1 Å². The lowest BCUT2D eigenvalue weighted by Gasteiger charge is -2.26. The summed E-state index contributed by atoms with van der Waals surface area (Å²) in [5, 5.41) is 5.40. The highest BCUT2D eigenvalue weighted by molar-refractivity contribution is 7.14. The molecule has 0 aliphatic heterocycles. The number of alkyl halides is 3. The van der Waals surface area contributed by atoms with Gasteiger partial charge in [-0.25, -0.2) is 0 Å². The lowest BCUT2D eigenvalue weighted by atomic mass is 9.80. The van der Waals surface area contributed by atoms with E-state index in [0.717, 1.165) is 36.8 Å². The molecule has 0 saturated heterocycles. The minimum Gasteiger partial charge on any atom is -0.466 e. The van der Waals surface area contributed by atoms with Gasteiger partial charge in [0, 0.05) is 11.8 Å². The molecule has 1 fully saturated rings. The van der Waals surface area contributed by atoms with Crippen molar-refractivity contribution in [3.63, 3.8) is 0 Å². The van der Waals surface area contributed by atoms with Gasteiger partial charge >= 0.3 is 12.3 Å². The molecule has 1 saturated carbocycles. The average Bonchev–Trinajstić information content (AvgIpc) is 3.16. The van der Waals surface area contributed by atoms with E-state index < -0.39 is 6.36 Å². The number of esters is 1. The number of anilines is 1. The fourth-order valence-corrected chi connectivity index (χ4v) is 4.54. The number of rotatable bonds is 7. The molecule has 1 aromatic carbocycles. The van der Waals surface area contributed by atoms with Gasteiger partial charge in [0.15, 0.2) is 0 Å². The summed E-state index contributed by atoms with van der Waals surface area (Å²) in [6.45, 7) is 2.18. The molecule has 0 radical (unpaired) electrons. The average molecular weight is 455 g/mol. The summed E-state index contributed by atoms with van der Waals surface area (Å²) in [5.74, 6) is -0.326. The number of hydrogen-bond acceptors (Lipinski definition) is 5. The first-order chi connectivity index (χ1) is 14.7. The van der Waals surface area contributed by atoms with E-state index >= 15 is 0 Å². The van der Waals surface area contributed by atoms with Crippen molar-refractivity contribution >= 4 is 28.2 Å². The number of ether oxygens (including phenoxy) is 2. The van der Waals surface area contributed by atoms with E-state index in [9.17, 15) is 22.8 Å². The third kappa shape index (κ3) is 6.99. The van der Waals surface area contributed by atoms with Crippen LogP contribution in [0.5, 0.6) is 5.75 Å². The summed E-state index contributed by atoms with van der Waals surface area (Å²) in [5.41, 5.74) is 1.53. The fourth-order valence-electron chi connectivity index (χ4n) is 3.72. The molecular formula is C22H24F3NO4S. The summed E-state index contributed by atoms with van der Waals surface area (Å²) in [6.07, 6.45) is -1.20. The topological polar surface area (TPSA) is 64.6 Å². The van der Waals surface area contributed by atoms with Crippen molar-refractivity contribution in [1.29, 1.82) is 0 Å². The molecule has 5 nitrogen and oxygen atoms in total. The Morgan fingerprint density at radius 2 is 1.77 bits per heavy atom. The maximum atomic E-state index is 12.4. The number of hydrogen-bond donors (Lipinski definition) is 1. The second-order valence-corrected chi connectivity index (χ2v) is 8.41. The maximum absolute atomic E-state index is 12.4. The summed E-state index contributed by atoms with van der Waals surface area (Å²) in [4.78, 5) is 24.2. The third-order valence-corrected chi connectivity index (χ3v) is 6.07. The van der Waals surface area contributed by atoms with Crippen LogP contribution in [0, 0.1) is 11.8 Å². The van der Waals surface area contributed by atoms with E-state index in [2.05, 4.69) is 10.1 Å². The zero-order valence-corrected chi connectivity index (χ0v) is 17.9. The van der Waals surface area contributed by atoms with E-state index in [-0.39, 0.29) is 29.5 Å². The highest BCUT2D eigenvalue weighted by Crippen LogP contribution is 2.34. The van der Waals surface area contributed by atoms with Gasteiger partial charge in [0.25, 0.3) is 0 Å². The Bertz CT molecular complexity index is 887. The van der Waals surface area contributed by atoms with Gasteiger partial charge in [0.1, 0.15) is 5.75 Å². The van der Waals surface area contributed by atoms with E-state index in [1.807, 2.05) is 5.38 Å². The second-order valence-electron chi connectivity index (χ2n) is 7.49. The van der Waals surface area contributed by atoms with Crippen LogP contribution in [0.4, 0.5) is 18.2 Å². The molecule has 3 rings (SSSR count). The molecule has 1 heterocycles. The van der Waals surface area contributed by atoms with Crippen LogP contribution in [-0.4, -0.2) is 24.8 Å². The smallest absolute Gasteiger partial charge is 0.466 e. The van der Waals surface area contributed by atoms with Gasteiger partial charge in [0.2, 0.25) is 5.91 Å². The van der Waals surface area contributed by atoms with Gasteiger partial charge in [-0.15, -0.1) is 24.5 Å². The number of benzene rings is 1. The van der Waals surface area contributed by atoms with E-state index in [1.165, 1.54) is 35.6 Å². The number of thiophene rings is 1. The Labute approximate surface area is 182 Å². The monoisotopic (exact) mass is 455 g/mol. The summed E-state index contributed by atoms with van der Waals surface area (Å²) in [7, 11) is 0. The number of halogens is 3. The van der Waals surface area contributed by atoms with Crippen molar-refractivity contribution < 1.29 is 32.2 Å². The number of carbonyl (C=O) groups is 2. The molecule has 1 aromatic heterocycles. The Morgan fingerprint density at radius 1 is 1.10 bits per heavy atom. The molecule has 1 amide bonds. The Hall–Kier alpha value is -2.55. The molecule has 1 aliphatic carbocycles. The van der Waals surface area contributed by atoms with Crippen LogP contribution in [0.25, 0.3) is 11.1 Å². The van der Waals surface area contributed by atoms with Gasteiger partial charge in [-0.1, -0.05) is 12.1 Å². The molecule has 168 valence electrons. The van der Waals surface area contributed by atoms with Gasteiger partial charge in [-0.05, 0) is 67.9 Å². The number of carbonyl (C=O) groups excluding carboxylic acids is 2. The Kier molecular flexibility index (Phi) is 7.59. The molecular weight excluding hydrogens is 431 g/mol. The van der Waals surface area contributed by atoms with Crippen LogP contribution in [0.2, 0.25) is 0 Å². The SMILES string of the molecule is CCOC(=O)C1CCC(CC(=O)Nc2cc(-c3ccc(OC(F)(F)F)cc3)cs2)CC1. The molecule has 2 aromatic rings. The van der Waals surface area contributed by atoms with E-state index in [4.69, 9.17) is 4.74 Å². The van der Waals surface area contributed by atoms with Crippen molar-refractivity contribution in [3.8, 4) is 16.9 Å². The lowest BCUT2D eigenvalue weighted by Crippen LogP contribution is -2.26. The van der Waals surface area contributed by atoms with Gasteiger partial charge in [0.05, 0.1) is 17.5 Å².